The molecule has 164 valence electrons. The first kappa shape index (κ1) is 22.6. The van der Waals surface area contributed by atoms with Crippen molar-refractivity contribution in [3.05, 3.63) is 47.5 Å². The third-order valence-corrected chi connectivity index (χ3v) is 5.64. The molecule has 2 heterocycles. The van der Waals surface area contributed by atoms with Crippen molar-refractivity contribution in [2.24, 2.45) is 0 Å². The Labute approximate surface area is 187 Å². The first-order chi connectivity index (χ1) is 14.8. The number of imide groups is 1. The monoisotopic (exact) mass is 442 g/mol. The largest absolute Gasteiger partial charge is 0.335 e. The number of urea groups is 2. The highest BCUT2D eigenvalue weighted by Crippen LogP contribution is 2.37. The number of nitrogens with zero attached hydrogens (tertiary/aromatic N) is 2. The van der Waals surface area contributed by atoms with Crippen LogP contribution >= 0.6 is 11.6 Å². The van der Waals surface area contributed by atoms with E-state index in [9.17, 15) is 14.4 Å². The van der Waals surface area contributed by atoms with Gasteiger partial charge in [-0.2, -0.15) is 0 Å². The van der Waals surface area contributed by atoms with Crippen molar-refractivity contribution in [2.45, 2.75) is 39.7 Å². The van der Waals surface area contributed by atoms with E-state index in [1.165, 1.54) is 4.90 Å². The molecule has 2 aromatic carbocycles. The minimum Gasteiger partial charge on any atom is -0.335 e. The third kappa shape index (κ3) is 4.37. The molecule has 0 aliphatic carbocycles. The lowest BCUT2D eigenvalue weighted by Gasteiger charge is -2.30. The Balaban J connectivity index is 0.00000132. The number of rotatable bonds is 3. The van der Waals surface area contributed by atoms with Gasteiger partial charge in [-0.1, -0.05) is 49.7 Å². The average molecular weight is 443 g/mol. The van der Waals surface area contributed by atoms with Gasteiger partial charge in [-0.15, -0.1) is 0 Å². The average Bonchev–Trinajstić information content (AvgIpc) is 3.03. The Bertz CT molecular complexity index is 1000. The van der Waals surface area contributed by atoms with Gasteiger partial charge < -0.3 is 5.32 Å². The zero-order valence-electron chi connectivity index (χ0n) is 18.2. The molecule has 31 heavy (non-hydrogen) atoms. The molecule has 2 aromatic rings. The fourth-order valence-corrected chi connectivity index (χ4v) is 4.06. The van der Waals surface area contributed by atoms with Crippen LogP contribution in [0.4, 0.5) is 21.0 Å². The van der Waals surface area contributed by atoms with Crippen molar-refractivity contribution >= 4 is 40.9 Å². The summed E-state index contributed by atoms with van der Waals surface area (Å²) in [6.07, 6.45) is 0.231. The Morgan fingerprint density at radius 3 is 2.23 bits per heavy atom. The maximum Gasteiger partial charge on any atom is 0.328 e. The number of carbonyl (C=O) groups is 3. The number of benzene rings is 2. The van der Waals surface area contributed by atoms with Crippen molar-refractivity contribution in [3.8, 4) is 11.1 Å². The number of hydrogen-bond acceptors (Lipinski definition) is 3. The highest BCUT2D eigenvalue weighted by Gasteiger charge is 2.38. The molecule has 2 aliphatic rings. The second kappa shape index (κ2) is 8.98. The van der Waals surface area contributed by atoms with Crippen LogP contribution in [0.25, 0.3) is 11.1 Å². The van der Waals surface area contributed by atoms with E-state index in [0.717, 1.165) is 16.8 Å². The van der Waals surface area contributed by atoms with E-state index in [1.807, 2.05) is 64.1 Å². The number of nitrogens with one attached hydrogen (secondary N) is 2. The normalized spacial score (nSPS) is 17.6. The lowest BCUT2D eigenvalue weighted by Crippen LogP contribution is -2.49. The van der Waals surface area contributed by atoms with Crippen LogP contribution in [0.2, 0.25) is 5.02 Å². The second-order valence-electron chi connectivity index (χ2n) is 7.75. The third-order valence-electron chi connectivity index (χ3n) is 5.24. The van der Waals surface area contributed by atoms with E-state index in [4.69, 9.17) is 11.6 Å². The Kier molecular flexibility index (Phi) is 6.55. The van der Waals surface area contributed by atoms with E-state index in [1.54, 1.807) is 11.0 Å². The summed E-state index contributed by atoms with van der Waals surface area (Å²) in [6, 6.07) is 12.4. The van der Waals surface area contributed by atoms with Crippen LogP contribution in [0.15, 0.2) is 42.5 Å². The molecule has 4 rings (SSSR count). The van der Waals surface area contributed by atoms with Crippen LogP contribution < -0.4 is 20.4 Å². The summed E-state index contributed by atoms with van der Waals surface area (Å²) in [5.41, 5.74) is 2.68. The van der Waals surface area contributed by atoms with Crippen LogP contribution in [0.1, 0.15) is 34.1 Å². The summed E-state index contributed by atoms with van der Waals surface area (Å²) < 4.78 is 0. The van der Waals surface area contributed by atoms with Gasteiger partial charge in [0.05, 0.1) is 16.2 Å². The van der Waals surface area contributed by atoms with Crippen LogP contribution in [-0.4, -0.2) is 36.6 Å². The minimum absolute atomic E-state index is 0.117. The number of hydrogen-bond donors (Lipinski definition) is 2. The highest BCUT2D eigenvalue weighted by molar-refractivity contribution is 6.36. The molecule has 2 N–H and O–H groups in total. The predicted molar refractivity (Wildman–Crippen MR) is 124 cm³/mol. The molecule has 5 amide bonds. The molecule has 7 nitrogen and oxygen atoms in total. The van der Waals surface area contributed by atoms with Crippen LogP contribution in [0.3, 0.4) is 0 Å². The lowest BCUT2D eigenvalue weighted by atomic mass is 10.0. The summed E-state index contributed by atoms with van der Waals surface area (Å²) in [5.74, 6) is -0.289. The molecule has 0 saturated carbocycles. The first-order valence-electron chi connectivity index (χ1n) is 10.4. The van der Waals surface area contributed by atoms with Gasteiger partial charge >= 0.3 is 12.1 Å². The van der Waals surface area contributed by atoms with Crippen molar-refractivity contribution in [1.29, 1.82) is 0 Å². The van der Waals surface area contributed by atoms with Gasteiger partial charge in [0.15, 0.2) is 0 Å². The summed E-state index contributed by atoms with van der Waals surface area (Å²) in [7, 11) is 0. The Morgan fingerprint density at radius 2 is 1.65 bits per heavy atom. The molecular weight excluding hydrogens is 416 g/mol. The van der Waals surface area contributed by atoms with E-state index in [-0.39, 0.29) is 30.4 Å². The van der Waals surface area contributed by atoms with Gasteiger partial charge in [0.25, 0.3) is 0 Å². The molecule has 0 aromatic heterocycles. The Morgan fingerprint density at radius 1 is 0.968 bits per heavy atom. The fraction of sp³-hybridized carbons (Fsp3) is 0.348. The molecule has 0 atom stereocenters. The summed E-state index contributed by atoms with van der Waals surface area (Å²) in [5, 5.41) is 5.61. The van der Waals surface area contributed by atoms with Gasteiger partial charge in [0.2, 0.25) is 5.91 Å². The van der Waals surface area contributed by atoms with Crippen molar-refractivity contribution in [1.82, 2.24) is 10.6 Å². The summed E-state index contributed by atoms with van der Waals surface area (Å²) >= 11 is 6.63. The highest BCUT2D eigenvalue weighted by atomic mass is 35.5. The number of amides is 5. The number of anilines is 2. The Hall–Kier alpha value is -3.06. The predicted octanol–water partition coefficient (Wildman–Crippen LogP) is 4.79. The molecule has 0 spiro atoms. The minimum atomic E-state index is -0.474. The molecule has 0 bridgehead atoms. The molecule has 2 fully saturated rings. The van der Waals surface area contributed by atoms with E-state index >= 15 is 0 Å². The lowest BCUT2D eigenvalue weighted by molar-refractivity contribution is -0.120. The van der Waals surface area contributed by atoms with E-state index in [0.29, 0.717) is 17.3 Å². The van der Waals surface area contributed by atoms with E-state index in [2.05, 4.69) is 10.6 Å². The number of carbonyl (C=O) groups excluding carboxylic acids is 3. The van der Waals surface area contributed by atoms with Gasteiger partial charge in [-0.3, -0.25) is 19.9 Å². The molecule has 2 saturated heterocycles. The molecule has 0 radical (unpaired) electrons. The summed E-state index contributed by atoms with van der Waals surface area (Å²) in [6.45, 7) is 8.88. The van der Waals surface area contributed by atoms with Crippen LogP contribution in [0, 0.1) is 0 Å². The second-order valence-corrected chi connectivity index (χ2v) is 8.13. The molecular formula is C23H27ClN4O3. The van der Waals surface area contributed by atoms with Crippen molar-refractivity contribution < 1.29 is 14.4 Å². The maximum atomic E-state index is 12.2. The zero-order valence-corrected chi connectivity index (χ0v) is 18.9. The van der Waals surface area contributed by atoms with E-state index < -0.39 is 6.03 Å². The first-order valence-corrected chi connectivity index (χ1v) is 10.7. The van der Waals surface area contributed by atoms with Crippen molar-refractivity contribution in [3.63, 3.8) is 0 Å². The SMILES string of the molecule is CC.CC1(C)CNC(=O)N1c1ccc(-c2cccc(N3CCC(=O)NC3=O)c2Cl)cc1. The summed E-state index contributed by atoms with van der Waals surface area (Å²) in [4.78, 5) is 39.0. The quantitative estimate of drug-likeness (QED) is 0.717. The number of halogens is 1. The topological polar surface area (TPSA) is 81.8 Å². The smallest absolute Gasteiger partial charge is 0.328 e. The fourth-order valence-electron chi connectivity index (χ4n) is 3.73. The van der Waals surface area contributed by atoms with Crippen molar-refractivity contribution in [2.75, 3.05) is 22.9 Å². The molecule has 0 unspecified atom stereocenters. The van der Waals surface area contributed by atoms with Crippen LogP contribution in [0.5, 0.6) is 0 Å². The van der Waals surface area contributed by atoms with Crippen LogP contribution in [-0.2, 0) is 4.79 Å². The maximum absolute atomic E-state index is 12.2. The standard InChI is InChI=1S/C21H21ClN4O3.C2H6/c1-21(2)12-23-19(28)26(21)14-8-6-13(7-9-14)15-4-3-5-16(18(15)22)25-11-10-17(27)24-20(25)29;1-2/h3-9H,10-12H2,1-2H3,(H,23,28)(H,24,27,29);1-2H3. The molecule has 8 heteroatoms. The van der Waals surface area contributed by atoms with Gasteiger partial charge in [-0.25, -0.2) is 9.59 Å². The van der Waals surface area contributed by atoms with Gasteiger partial charge in [-0.05, 0) is 37.6 Å². The van der Waals surface area contributed by atoms with Gasteiger partial charge in [0.1, 0.15) is 0 Å². The van der Waals surface area contributed by atoms with Gasteiger partial charge in [0, 0.05) is 30.8 Å². The molecule has 2 aliphatic heterocycles. The zero-order chi connectivity index (χ0) is 22.8.